The Morgan fingerprint density at radius 2 is 2.00 bits per heavy atom. The Hall–Kier alpha value is -0.360. The fourth-order valence-electron chi connectivity index (χ4n) is 4.64. The lowest BCUT2D eigenvalue weighted by Gasteiger charge is -2.71. The molecule has 0 aromatic heterocycles. The molecule has 2 aliphatic heterocycles. The maximum absolute atomic E-state index is 10.7. The topological polar surface area (TPSA) is 169 Å². The van der Waals surface area contributed by atoms with Crippen LogP contribution in [-0.2, 0) is 4.74 Å². The Labute approximate surface area is 121 Å². The van der Waals surface area contributed by atoms with Crippen molar-refractivity contribution in [3.63, 3.8) is 0 Å². The summed E-state index contributed by atoms with van der Waals surface area (Å²) in [7, 11) is 1.45. The van der Waals surface area contributed by atoms with Gasteiger partial charge in [-0.05, 0) is 7.05 Å². The predicted molar refractivity (Wildman–Crippen MR) is 67.5 cm³/mol. The molecule has 4 bridgehead atoms. The summed E-state index contributed by atoms with van der Waals surface area (Å²) in [6.07, 6.45) is -5.90. The van der Waals surface area contributed by atoms with Gasteiger partial charge in [0.25, 0.3) is 0 Å². The van der Waals surface area contributed by atoms with Crippen molar-refractivity contribution >= 4 is 0 Å². The quantitative estimate of drug-likeness (QED) is 0.239. The van der Waals surface area contributed by atoms with E-state index in [1.54, 1.807) is 0 Å². The third-order valence-electron chi connectivity index (χ3n) is 5.66. The van der Waals surface area contributed by atoms with Crippen LogP contribution in [-0.4, -0.2) is 85.8 Å². The van der Waals surface area contributed by atoms with Crippen LogP contribution in [0.5, 0.6) is 0 Å². The van der Waals surface area contributed by atoms with Crippen molar-refractivity contribution in [2.24, 2.45) is 17.6 Å². The van der Waals surface area contributed by atoms with Gasteiger partial charge in [0, 0.05) is 12.3 Å². The second-order valence-corrected chi connectivity index (χ2v) is 6.39. The van der Waals surface area contributed by atoms with E-state index in [9.17, 15) is 30.6 Å². The molecule has 122 valence electrons. The molecule has 2 aliphatic carbocycles. The van der Waals surface area contributed by atoms with E-state index in [1.165, 1.54) is 7.05 Å². The number of nitrogens with two attached hydrogens (primary N) is 1. The molecule has 0 radical (unpaired) electrons. The predicted octanol–water partition coefficient (Wildman–Crippen LogP) is -4.60. The maximum Gasteiger partial charge on any atom is 0.194 e. The highest BCUT2D eigenvalue weighted by atomic mass is 16.7. The molecular weight excluding hydrogens is 284 g/mol. The Bertz CT molecular complexity index is 451. The van der Waals surface area contributed by atoms with Crippen LogP contribution < -0.4 is 11.1 Å². The van der Waals surface area contributed by atoms with Gasteiger partial charge >= 0.3 is 0 Å². The van der Waals surface area contributed by atoms with E-state index in [2.05, 4.69) is 5.32 Å². The Balaban J connectivity index is 2.20. The van der Waals surface area contributed by atoms with E-state index in [0.717, 1.165) is 0 Å². The zero-order valence-electron chi connectivity index (χ0n) is 11.5. The lowest BCUT2D eigenvalue weighted by molar-refractivity contribution is -0.449. The van der Waals surface area contributed by atoms with E-state index >= 15 is 0 Å². The molecule has 9 nitrogen and oxygen atoms in total. The number of likely N-dealkylation sites (N-methyl/N-ethyl adjacent to an activating group) is 1. The maximum atomic E-state index is 10.7. The smallest absolute Gasteiger partial charge is 0.194 e. The fourth-order valence-corrected chi connectivity index (χ4v) is 4.64. The van der Waals surface area contributed by atoms with Crippen LogP contribution in [0.15, 0.2) is 0 Å². The number of hydrogen-bond donors (Lipinski definition) is 8. The van der Waals surface area contributed by atoms with Crippen LogP contribution in [0.4, 0.5) is 0 Å². The minimum absolute atomic E-state index is 0.236. The number of nitrogens with one attached hydrogen (secondary N) is 1. The average molecular weight is 306 g/mol. The monoisotopic (exact) mass is 306 g/mol. The summed E-state index contributed by atoms with van der Waals surface area (Å²) in [4.78, 5) is 0. The standard InChI is InChI=1S/C12H22N2O7/c1-14-12-5(8(13)17)7-10(19,3-15)4(6(12)16)2-11(20,21-7)9(12)18/h4-9,14-20H,2-3,13H2,1H3. The van der Waals surface area contributed by atoms with Crippen molar-refractivity contribution in [3.8, 4) is 0 Å². The molecule has 0 aromatic rings. The molecular formula is C12H22N2O7. The van der Waals surface area contributed by atoms with Crippen molar-refractivity contribution in [2.45, 2.75) is 47.9 Å². The van der Waals surface area contributed by atoms with Gasteiger partial charge in [0.2, 0.25) is 0 Å². The molecule has 2 saturated heterocycles. The normalized spacial score (nSPS) is 60.3. The van der Waals surface area contributed by atoms with Gasteiger partial charge in [-0.3, -0.25) is 0 Å². The first-order chi connectivity index (χ1) is 9.69. The highest BCUT2D eigenvalue weighted by Crippen LogP contribution is 2.60. The third-order valence-corrected chi connectivity index (χ3v) is 5.66. The summed E-state index contributed by atoms with van der Waals surface area (Å²) >= 11 is 0. The lowest BCUT2D eigenvalue weighted by atomic mass is 9.48. The van der Waals surface area contributed by atoms with Gasteiger partial charge in [0.05, 0.1) is 24.2 Å². The number of aliphatic hydroxyl groups excluding tert-OH is 4. The SMILES string of the molecule is CNC12C(O)C3CC(O)(OC(C1C(N)O)C3(O)CO)C2O. The van der Waals surface area contributed by atoms with Crippen LogP contribution in [0, 0.1) is 11.8 Å². The molecule has 9 N–H and O–H groups in total. The van der Waals surface area contributed by atoms with Crippen LogP contribution in [0.2, 0.25) is 0 Å². The molecule has 4 fully saturated rings. The zero-order valence-corrected chi connectivity index (χ0v) is 11.5. The summed E-state index contributed by atoms with van der Waals surface area (Å²) in [6, 6.07) is 0. The minimum Gasteiger partial charge on any atom is -0.393 e. The molecule has 9 unspecified atom stereocenters. The molecule has 0 amide bonds. The van der Waals surface area contributed by atoms with E-state index in [4.69, 9.17) is 10.5 Å². The molecule has 9 atom stereocenters. The van der Waals surface area contributed by atoms with Crippen molar-refractivity contribution in [1.82, 2.24) is 5.32 Å². The number of rotatable bonds is 3. The molecule has 2 heterocycles. The third kappa shape index (κ3) is 1.51. The first kappa shape index (κ1) is 15.5. The van der Waals surface area contributed by atoms with Crippen molar-refractivity contribution in [2.75, 3.05) is 13.7 Å². The van der Waals surface area contributed by atoms with Crippen molar-refractivity contribution < 1.29 is 35.4 Å². The van der Waals surface area contributed by atoms with Crippen molar-refractivity contribution in [1.29, 1.82) is 0 Å². The number of hydrogen-bond acceptors (Lipinski definition) is 9. The van der Waals surface area contributed by atoms with Crippen molar-refractivity contribution in [3.05, 3.63) is 0 Å². The molecule has 0 aromatic carbocycles. The van der Waals surface area contributed by atoms with E-state index in [0.29, 0.717) is 0 Å². The highest BCUT2D eigenvalue weighted by molar-refractivity contribution is 5.29. The van der Waals surface area contributed by atoms with Gasteiger partial charge in [0.15, 0.2) is 5.79 Å². The Kier molecular flexibility index (Phi) is 3.21. The van der Waals surface area contributed by atoms with Crippen LogP contribution in [0.3, 0.4) is 0 Å². The van der Waals surface area contributed by atoms with Gasteiger partial charge in [-0.2, -0.15) is 0 Å². The fraction of sp³-hybridized carbons (Fsp3) is 1.00. The molecule has 9 heteroatoms. The summed E-state index contributed by atoms with van der Waals surface area (Å²) in [6.45, 7) is -0.728. The summed E-state index contributed by atoms with van der Waals surface area (Å²) < 4.78 is 5.38. The molecule has 2 saturated carbocycles. The van der Waals surface area contributed by atoms with E-state index < -0.39 is 59.9 Å². The summed E-state index contributed by atoms with van der Waals surface area (Å²) in [5.41, 5.74) is 2.15. The van der Waals surface area contributed by atoms with Gasteiger partial charge in [-0.15, -0.1) is 0 Å². The first-order valence-corrected chi connectivity index (χ1v) is 6.91. The average Bonchev–Trinajstić information content (AvgIpc) is 2.43. The highest BCUT2D eigenvalue weighted by Gasteiger charge is 2.79. The van der Waals surface area contributed by atoms with Crippen LogP contribution in [0.1, 0.15) is 6.42 Å². The molecule has 4 rings (SSSR count). The van der Waals surface area contributed by atoms with Gasteiger partial charge < -0.3 is 46.4 Å². The number of aliphatic hydroxyl groups is 6. The van der Waals surface area contributed by atoms with Crippen LogP contribution in [0.25, 0.3) is 0 Å². The van der Waals surface area contributed by atoms with Crippen LogP contribution >= 0.6 is 0 Å². The zero-order chi connectivity index (χ0) is 15.8. The summed E-state index contributed by atoms with van der Waals surface area (Å²) in [5.74, 6) is -4.04. The van der Waals surface area contributed by atoms with Gasteiger partial charge in [0.1, 0.15) is 24.0 Å². The second kappa shape index (κ2) is 4.34. The Morgan fingerprint density at radius 3 is 2.48 bits per heavy atom. The Morgan fingerprint density at radius 1 is 1.38 bits per heavy atom. The largest absolute Gasteiger partial charge is 0.393 e. The van der Waals surface area contributed by atoms with Gasteiger partial charge in [-0.1, -0.05) is 0 Å². The molecule has 4 aliphatic rings. The lowest BCUT2D eigenvalue weighted by Crippen LogP contribution is -2.92. The first-order valence-electron chi connectivity index (χ1n) is 6.91. The molecule has 21 heavy (non-hydrogen) atoms. The summed E-state index contributed by atoms with van der Waals surface area (Å²) in [5, 5.41) is 64.4. The number of ether oxygens (including phenoxy) is 1. The minimum atomic E-state index is -1.98. The molecule has 0 spiro atoms. The van der Waals surface area contributed by atoms with Gasteiger partial charge in [-0.25, -0.2) is 0 Å². The van der Waals surface area contributed by atoms with E-state index in [1.807, 2.05) is 0 Å². The second-order valence-electron chi connectivity index (χ2n) is 6.39. The van der Waals surface area contributed by atoms with E-state index in [-0.39, 0.29) is 6.42 Å².